The van der Waals surface area contributed by atoms with Crippen LogP contribution in [-0.4, -0.2) is 57.4 Å². The number of aryl methyl sites for hydroxylation is 1. The van der Waals surface area contributed by atoms with Gasteiger partial charge in [-0.3, -0.25) is 4.99 Å². The van der Waals surface area contributed by atoms with E-state index in [0.29, 0.717) is 6.10 Å². The standard InChI is InChI=1S/C19H30BrN3O2/c1-15-13-17(20)6-5-16(15)14-22-19(21-2)23-9-7-18(8-10-23)25-12-4-11-24-3/h5-6,13,18H,4,7-12,14H2,1-3H3,(H,21,22). The molecule has 6 heteroatoms. The van der Waals surface area contributed by atoms with Gasteiger partial charge in [-0.05, 0) is 49.4 Å². The second-order valence-electron chi connectivity index (χ2n) is 6.38. The monoisotopic (exact) mass is 411 g/mol. The summed E-state index contributed by atoms with van der Waals surface area (Å²) in [4.78, 5) is 6.77. The summed E-state index contributed by atoms with van der Waals surface area (Å²) in [6.45, 7) is 6.44. The van der Waals surface area contributed by atoms with Gasteiger partial charge in [0.25, 0.3) is 0 Å². The van der Waals surface area contributed by atoms with Crippen LogP contribution in [0.4, 0.5) is 0 Å². The fourth-order valence-electron chi connectivity index (χ4n) is 3.05. The van der Waals surface area contributed by atoms with E-state index in [1.54, 1.807) is 7.11 Å². The molecule has 0 bridgehead atoms. The minimum absolute atomic E-state index is 0.361. The summed E-state index contributed by atoms with van der Waals surface area (Å²) in [6, 6.07) is 6.38. The molecule has 1 aromatic rings. The van der Waals surface area contributed by atoms with Crippen molar-refractivity contribution in [2.75, 3.05) is 40.5 Å². The van der Waals surface area contributed by atoms with E-state index in [-0.39, 0.29) is 0 Å². The molecular weight excluding hydrogens is 382 g/mol. The van der Waals surface area contributed by atoms with Gasteiger partial charge in [0.1, 0.15) is 0 Å². The third-order valence-corrected chi connectivity index (χ3v) is 5.03. The van der Waals surface area contributed by atoms with Crippen molar-refractivity contribution in [3.63, 3.8) is 0 Å². The van der Waals surface area contributed by atoms with Crippen LogP contribution in [0.25, 0.3) is 0 Å². The van der Waals surface area contributed by atoms with Gasteiger partial charge in [-0.2, -0.15) is 0 Å². The van der Waals surface area contributed by atoms with E-state index in [0.717, 1.165) is 62.5 Å². The van der Waals surface area contributed by atoms with Crippen molar-refractivity contribution in [1.29, 1.82) is 0 Å². The van der Waals surface area contributed by atoms with Crippen LogP contribution >= 0.6 is 15.9 Å². The number of likely N-dealkylation sites (tertiary alicyclic amines) is 1. The lowest BCUT2D eigenvalue weighted by atomic mass is 10.1. The molecule has 0 radical (unpaired) electrons. The van der Waals surface area contributed by atoms with E-state index in [1.165, 1.54) is 11.1 Å². The lowest BCUT2D eigenvalue weighted by Gasteiger charge is -2.34. The predicted molar refractivity (Wildman–Crippen MR) is 106 cm³/mol. The first-order valence-electron chi connectivity index (χ1n) is 8.95. The number of benzene rings is 1. The first kappa shape index (κ1) is 20.2. The highest BCUT2D eigenvalue weighted by Crippen LogP contribution is 2.17. The molecule has 1 aromatic carbocycles. The van der Waals surface area contributed by atoms with E-state index >= 15 is 0 Å². The lowest BCUT2D eigenvalue weighted by Crippen LogP contribution is -2.46. The van der Waals surface area contributed by atoms with Gasteiger partial charge in [-0.15, -0.1) is 0 Å². The molecule has 0 spiro atoms. The Morgan fingerprint density at radius 3 is 2.72 bits per heavy atom. The molecule has 0 atom stereocenters. The average molecular weight is 412 g/mol. The van der Waals surface area contributed by atoms with E-state index < -0.39 is 0 Å². The van der Waals surface area contributed by atoms with Crippen molar-refractivity contribution in [3.05, 3.63) is 33.8 Å². The SMILES string of the molecule is CN=C(NCc1ccc(Br)cc1C)N1CCC(OCCCOC)CC1. The van der Waals surface area contributed by atoms with Crippen LogP contribution in [0, 0.1) is 6.92 Å². The van der Waals surface area contributed by atoms with Crippen molar-refractivity contribution in [1.82, 2.24) is 10.2 Å². The van der Waals surface area contributed by atoms with Crippen LogP contribution < -0.4 is 5.32 Å². The first-order chi connectivity index (χ1) is 12.1. The first-order valence-corrected chi connectivity index (χ1v) is 9.74. The molecule has 0 aromatic heterocycles. The number of ether oxygens (including phenoxy) is 2. The molecule has 0 aliphatic carbocycles. The molecule has 1 aliphatic rings. The third kappa shape index (κ3) is 6.60. The van der Waals surface area contributed by atoms with Crippen LogP contribution in [0.3, 0.4) is 0 Å². The van der Waals surface area contributed by atoms with Gasteiger partial charge >= 0.3 is 0 Å². The van der Waals surface area contributed by atoms with Crippen LogP contribution in [0.15, 0.2) is 27.7 Å². The Labute approximate surface area is 159 Å². The molecule has 140 valence electrons. The van der Waals surface area contributed by atoms with Gasteiger partial charge in [-0.1, -0.05) is 22.0 Å². The number of rotatable bonds is 7. The highest BCUT2D eigenvalue weighted by atomic mass is 79.9. The molecule has 1 N–H and O–H groups in total. The highest BCUT2D eigenvalue weighted by molar-refractivity contribution is 9.10. The fraction of sp³-hybridized carbons (Fsp3) is 0.632. The zero-order chi connectivity index (χ0) is 18.1. The maximum absolute atomic E-state index is 5.93. The number of aliphatic imine (C=N–C) groups is 1. The molecule has 25 heavy (non-hydrogen) atoms. The zero-order valence-corrected chi connectivity index (χ0v) is 17.1. The molecule has 0 saturated carbocycles. The zero-order valence-electron chi connectivity index (χ0n) is 15.6. The smallest absolute Gasteiger partial charge is 0.193 e. The number of hydrogen-bond acceptors (Lipinski definition) is 3. The minimum atomic E-state index is 0.361. The number of nitrogens with zero attached hydrogens (tertiary/aromatic N) is 2. The fourth-order valence-corrected chi connectivity index (χ4v) is 3.53. The second kappa shape index (κ2) is 10.8. The Morgan fingerprint density at radius 2 is 2.08 bits per heavy atom. The van der Waals surface area contributed by atoms with Crippen molar-refractivity contribution in [3.8, 4) is 0 Å². The molecule has 1 fully saturated rings. The minimum Gasteiger partial charge on any atom is -0.385 e. The molecule has 0 unspecified atom stereocenters. The van der Waals surface area contributed by atoms with Crippen LogP contribution in [0.5, 0.6) is 0 Å². The summed E-state index contributed by atoms with van der Waals surface area (Å²) < 4.78 is 12.1. The van der Waals surface area contributed by atoms with Gasteiger partial charge in [-0.25, -0.2) is 0 Å². The number of halogens is 1. The van der Waals surface area contributed by atoms with Crippen molar-refractivity contribution in [2.24, 2.45) is 4.99 Å². The maximum Gasteiger partial charge on any atom is 0.193 e. The van der Waals surface area contributed by atoms with Gasteiger partial charge in [0.05, 0.1) is 6.10 Å². The normalized spacial score (nSPS) is 16.3. The Hall–Kier alpha value is -1.11. The Balaban J connectivity index is 1.76. The summed E-state index contributed by atoms with van der Waals surface area (Å²) >= 11 is 3.51. The topological polar surface area (TPSA) is 46.1 Å². The molecule has 1 saturated heterocycles. The van der Waals surface area contributed by atoms with E-state index in [4.69, 9.17) is 9.47 Å². The number of methoxy groups -OCH3 is 1. The van der Waals surface area contributed by atoms with Crippen molar-refractivity contribution >= 4 is 21.9 Å². The Morgan fingerprint density at radius 1 is 1.32 bits per heavy atom. The number of nitrogens with one attached hydrogen (secondary N) is 1. The Kier molecular flexibility index (Phi) is 8.72. The summed E-state index contributed by atoms with van der Waals surface area (Å²) in [5, 5.41) is 3.49. The molecule has 1 heterocycles. The predicted octanol–water partition coefficient (Wildman–Crippen LogP) is 3.35. The summed E-state index contributed by atoms with van der Waals surface area (Å²) in [7, 11) is 3.58. The van der Waals surface area contributed by atoms with E-state index in [1.807, 2.05) is 7.05 Å². The molecule has 5 nitrogen and oxygen atoms in total. The van der Waals surface area contributed by atoms with E-state index in [9.17, 15) is 0 Å². The maximum atomic E-state index is 5.93. The van der Waals surface area contributed by atoms with Crippen LogP contribution in [0.2, 0.25) is 0 Å². The molecule has 2 rings (SSSR count). The highest BCUT2D eigenvalue weighted by Gasteiger charge is 2.21. The molecule has 0 amide bonds. The number of hydrogen-bond donors (Lipinski definition) is 1. The molecule has 1 aliphatic heterocycles. The Bertz CT molecular complexity index is 558. The summed E-state index contributed by atoms with van der Waals surface area (Å²) in [5.74, 6) is 0.972. The summed E-state index contributed by atoms with van der Waals surface area (Å²) in [6.07, 6.45) is 3.42. The van der Waals surface area contributed by atoms with Crippen LogP contribution in [0.1, 0.15) is 30.4 Å². The summed E-state index contributed by atoms with van der Waals surface area (Å²) in [5.41, 5.74) is 2.57. The quantitative estimate of drug-likeness (QED) is 0.424. The van der Waals surface area contributed by atoms with Gasteiger partial charge in [0.15, 0.2) is 5.96 Å². The largest absolute Gasteiger partial charge is 0.385 e. The number of piperidine rings is 1. The van der Waals surface area contributed by atoms with Gasteiger partial charge in [0.2, 0.25) is 0 Å². The van der Waals surface area contributed by atoms with Crippen molar-refractivity contribution in [2.45, 2.75) is 38.8 Å². The van der Waals surface area contributed by atoms with Gasteiger partial charge < -0.3 is 19.7 Å². The van der Waals surface area contributed by atoms with E-state index in [2.05, 4.69) is 56.3 Å². The lowest BCUT2D eigenvalue weighted by molar-refractivity contribution is 0.00990. The van der Waals surface area contributed by atoms with Gasteiger partial charge in [0, 0.05) is 51.5 Å². The average Bonchev–Trinajstić information content (AvgIpc) is 2.62. The van der Waals surface area contributed by atoms with Crippen LogP contribution in [-0.2, 0) is 16.0 Å². The number of guanidine groups is 1. The second-order valence-corrected chi connectivity index (χ2v) is 7.29. The van der Waals surface area contributed by atoms with Crippen molar-refractivity contribution < 1.29 is 9.47 Å². The molecular formula is C19H30BrN3O2. The third-order valence-electron chi connectivity index (χ3n) is 4.54.